The lowest BCUT2D eigenvalue weighted by molar-refractivity contribution is 0.0949. The molecule has 0 aromatic carbocycles. The molecule has 0 atom stereocenters. The van der Waals surface area contributed by atoms with Crippen molar-refractivity contribution in [2.45, 2.75) is 6.42 Å². The second-order valence-electron chi connectivity index (χ2n) is 2.69. The van der Waals surface area contributed by atoms with Crippen LogP contribution in [0.1, 0.15) is 16.9 Å². The fourth-order valence-corrected chi connectivity index (χ4v) is 1.12. The molecule has 3 nitrogen and oxygen atoms in total. The van der Waals surface area contributed by atoms with Gasteiger partial charge in [-0.05, 0) is 34.5 Å². The van der Waals surface area contributed by atoms with Gasteiger partial charge in [0.15, 0.2) is 0 Å². The standard InChI is InChI=1S/C10H11BrN2O/c1-2-3-6-12-10(14)9-5-4-8(11)7-13-9/h2,4-5,7H,1,3,6H2,(H,12,14). The highest BCUT2D eigenvalue weighted by atomic mass is 79.9. The molecule has 0 unspecified atom stereocenters. The molecule has 0 aliphatic rings. The predicted octanol–water partition coefficient (Wildman–Crippen LogP) is 2.15. The number of aromatic nitrogens is 1. The van der Waals surface area contributed by atoms with Gasteiger partial charge in [-0.3, -0.25) is 4.79 Å². The Bertz CT molecular complexity index is 321. The van der Waals surface area contributed by atoms with E-state index in [1.165, 1.54) is 0 Å². The minimum Gasteiger partial charge on any atom is -0.350 e. The van der Waals surface area contributed by atoms with E-state index in [1.54, 1.807) is 24.4 Å². The summed E-state index contributed by atoms with van der Waals surface area (Å²) in [6.07, 6.45) is 4.12. The average molecular weight is 255 g/mol. The molecule has 1 rings (SSSR count). The summed E-state index contributed by atoms with van der Waals surface area (Å²) < 4.78 is 0.861. The van der Waals surface area contributed by atoms with Crippen molar-refractivity contribution in [3.8, 4) is 0 Å². The van der Waals surface area contributed by atoms with Crippen LogP contribution in [0.25, 0.3) is 0 Å². The number of rotatable bonds is 4. The minimum atomic E-state index is -0.153. The van der Waals surface area contributed by atoms with E-state index in [0.717, 1.165) is 10.9 Å². The van der Waals surface area contributed by atoms with Crippen LogP contribution in [0.3, 0.4) is 0 Å². The van der Waals surface area contributed by atoms with Gasteiger partial charge in [-0.1, -0.05) is 6.08 Å². The highest BCUT2D eigenvalue weighted by Gasteiger charge is 2.04. The molecule has 4 heteroatoms. The Hall–Kier alpha value is -1.16. The summed E-state index contributed by atoms with van der Waals surface area (Å²) in [6, 6.07) is 3.46. The van der Waals surface area contributed by atoms with Crippen molar-refractivity contribution < 1.29 is 4.79 Å². The zero-order valence-electron chi connectivity index (χ0n) is 7.66. The lowest BCUT2D eigenvalue weighted by atomic mass is 10.3. The lowest BCUT2D eigenvalue weighted by Gasteiger charge is -2.02. The molecular weight excluding hydrogens is 244 g/mol. The molecule has 0 saturated carbocycles. The summed E-state index contributed by atoms with van der Waals surface area (Å²) >= 11 is 3.25. The van der Waals surface area contributed by atoms with Crippen molar-refractivity contribution in [1.82, 2.24) is 10.3 Å². The Kier molecular flexibility index (Phi) is 4.32. The van der Waals surface area contributed by atoms with Crippen LogP contribution in [0.5, 0.6) is 0 Å². The summed E-state index contributed by atoms with van der Waals surface area (Å²) in [5.41, 5.74) is 0.428. The maximum atomic E-state index is 11.4. The third-order valence-corrected chi connectivity index (χ3v) is 2.06. The van der Waals surface area contributed by atoms with Gasteiger partial charge < -0.3 is 5.32 Å². The molecule has 74 valence electrons. The third kappa shape index (κ3) is 3.30. The van der Waals surface area contributed by atoms with Crippen LogP contribution >= 0.6 is 15.9 Å². The molecule has 0 saturated heterocycles. The van der Waals surface area contributed by atoms with Gasteiger partial charge in [-0.2, -0.15) is 0 Å². The van der Waals surface area contributed by atoms with Crippen LogP contribution < -0.4 is 5.32 Å². The van der Waals surface area contributed by atoms with Crippen molar-refractivity contribution >= 4 is 21.8 Å². The van der Waals surface area contributed by atoms with Gasteiger partial charge in [0.2, 0.25) is 0 Å². The Labute approximate surface area is 91.4 Å². The number of nitrogens with zero attached hydrogens (tertiary/aromatic N) is 1. The van der Waals surface area contributed by atoms with Crippen LogP contribution in [-0.4, -0.2) is 17.4 Å². The summed E-state index contributed by atoms with van der Waals surface area (Å²) in [6.45, 7) is 4.17. The predicted molar refractivity (Wildman–Crippen MR) is 59.1 cm³/mol. The second kappa shape index (κ2) is 5.54. The SMILES string of the molecule is C=CCCNC(=O)c1ccc(Br)cn1. The van der Waals surface area contributed by atoms with Gasteiger partial charge >= 0.3 is 0 Å². The number of hydrogen-bond donors (Lipinski definition) is 1. The van der Waals surface area contributed by atoms with Gasteiger partial charge in [0.25, 0.3) is 5.91 Å². The Morgan fingerprint density at radius 2 is 2.43 bits per heavy atom. The zero-order chi connectivity index (χ0) is 10.4. The first-order chi connectivity index (χ1) is 6.74. The average Bonchev–Trinajstić information content (AvgIpc) is 2.19. The van der Waals surface area contributed by atoms with Gasteiger partial charge in [-0.25, -0.2) is 4.98 Å². The molecule has 0 radical (unpaired) electrons. The molecule has 1 amide bonds. The fourth-order valence-electron chi connectivity index (χ4n) is 0.888. The number of carbonyl (C=O) groups is 1. The van der Waals surface area contributed by atoms with E-state index in [4.69, 9.17) is 0 Å². The molecule has 1 N–H and O–H groups in total. The quantitative estimate of drug-likeness (QED) is 0.661. The molecule has 0 aliphatic carbocycles. The fraction of sp³-hybridized carbons (Fsp3) is 0.200. The van der Waals surface area contributed by atoms with Gasteiger partial charge in [0, 0.05) is 17.2 Å². The first kappa shape index (κ1) is 10.9. The molecule has 14 heavy (non-hydrogen) atoms. The van der Waals surface area contributed by atoms with Crippen molar-refractivity contribution in [2.75, 3.05) is 6.54 Å². The Morgan fingerprint density at radius 1 is 1.64 bits per heavy atom. The molecule has 1 aromatic rings. The van der Waals surface area contributed by atoms with Gasteiger partial charge in [0.05, 0.1) is 0 Å². The highest BCUT2D eigenvalue weighted by molar-refractivity contribution is 9.10. The van der Waals surface area contributed by atoms with E-state index in [1.807, 2.05) is 0 Å². The minimum absolute atomic E-state index is 0.153. The van der Waals surface area contributed by atoms with E-state index in [9.17, 15) is 4.79 Å². The third-order valence-electron chi connectivity index (χ3n) is 1.59. The highest BCUT2D eigenvalue weighted by Crippen LogP contribution is 2.07. The van der Waals surface area contributed by atoms with Gasteiger partial charge in [-0.15, -0.1) is 6.58 Å². The lowest BCUT2D eigenvalue weighted by Crippen LogP contribution is -2.24. The molecule has 1 heterocycles. The van der Waals surface area contributed by atoms with Crippen LogP contribution in [0, 0.1) is 0 Å². The molecule has 0 fully saturated rings. The summed E-state index contributed by atoms with van der Waals surface area (Å²) in [4.78, 5) is 15.4. The van der Waals surface area contributed by atoms with Crippen molar-refractivity contribution in [1.29, 1.82) is 0 Å². The topological polar surface area (TPSA) is 42.0 Å². The molecular formula is C10H11BrN2O. The number of amides is 1. The summed E-state index contributed by atoms with van der Waals surface area (Å²) in [5, 5.41) is 2.73. The molecule has 1 aromatic heterocycles. The van der Waals surface area contributed by atoms with Gasteiger partial charge in [0.1, 0.15) is 5.69 Å². The van der Waals surface area contributed by atoms with Crippen molar-refractivity contribution in [3.05, 3.63) is 41.2 Å². The Morgan fingerprint density at radius 3 is 3.00 bits per heavy atom. The van der Waals surface area contributed by atoms with Crippen LogP contribution in [0.2, 0.25) is 0 Å². The molecule has 0 bridgehead atoms. The number of halogens is 1. The summed E-state index contributed by atoms with van der Waals surface area (Å²) in [7, 11) is 0. The van der Waals surface area contributed by atoms with E-state index < -0.39 is 0 Å². The van der Waals surface area contributed by atoms with Crippen LogP contribution in [-0.2, 0) is 0 Å². The zero-order valence-corrected chi connectivity index (χ0v) is 9.25. The van der Waals surface area contributed by atoms with Crippen molar-refractivity contribution in [2.24, 2.45) is 0 Å². The van der Waals surface area contributed by atoms with Crippen molar-refractivity contribution in [3.63, 3.8) is 0 Å². The Balaban J connectivity index is 2.52. The summed E-state index contributed by atoms with van der Waals surface area (Å²) in [5.74, 6) is -0.153. The van der Waals surface area contributed by atoms with E-state index in [2.05, 4.69) is 32.8 Å². The van der Waals surface area contributed by atoms with E-state index in [-0.39, 0.29) is 5.91 Å². The maximum Gasteiger partial charge on any atom is 0.269 e. The number of hydrogen-bond acceptors (Lipinski definition) is 2. The first-order valence-corrected chi connectivity index (χ1v) is 5.04. The number of nitrogens with one attached hydrogen (secondary N) is 1. The normalized spacial score (nSPS) is 9.50. The second-order valence-corrected chi connectivity index (χ2v) is 3.61. The number of pyridine rings is 1. The molecule has 0 aliphatic heterocycles. The van der Waals surface area contributed by atoms with E-state index in [0.29, 0.717) is 12.2 Å². The van der Waals surface area contributed by atoms with Crippen LogP contribution in [0.4, 0.5) is 0 Å². The monoisotopic (exact) mass is 254 g/mol. The van der Waals surface area contributed by atoms with E-state index >= 15 is 0 Å². The molecule has 0 spiro atoms. The smallest absolute Gasteiger partial charge is 0.269 e. The largest absolute Gasteiger partial charge is 0.350 e. The van der Waals surface area contributed by atoms with Crippen LogP contribution in [0.15, 0.2) is 35.5 Å². The maximum absolute atomic E-state index is 11.4. The number of carbonyl (C=O) groups excluding carboxylic acids is 1. The first-order valence-electron chi connectivity index (χ1n) is 4.24.